The third kappa shape index (κ3) is 9.21. The summed E-state index contributed by atoms with van der Waals surface area (Å²) in [5.41, 5.74) is 2.30. The van der Waals surface area contributed by atoms with Crippen LogP contribution in [0.25, 0.3) is 0 Å². The highest BCUT2D eigenvalue weighted by atomic mass is 16.6. The molecule has 4 aliphatic rings. The zero-order valence-corrected chi connectivity index (χ0v) is 31.5. The zero-order valence-electron chi connectivity index (χ0n) is 31.5. The van der Waals surface area contributed by atoms with Gasteiger partial charge in [-0.2, -0.15) is 0 Å². The largest absolute Gasteiger partial charge is 0.504 e. The smallest absolute Gasteiger partial charge is 0.338 e. The lowest BCUT2D eigenvalue weighted by atomic mass is 9.86. The van der Waals surface area contributed by atoms with Crippen molar-refractivity contribution >= 4 is 17.9 Å². The molecule has 7 atom stereocenters. The highest BCUT2D eigenvalue weighted by molar-refractivity contribution is 5.89. The molecule has 3 aliphatic carbocycles. The first-order valence-corrected chi connectivity index (χ1v) is 18.9. The van der Waals surface area contributed by atoms with Crippen LogP contribution in [0.5, 0.6) is 11.5 Å². The predicted molar refractivity (Wildman–Crippen MR) is 194 cm³/mol. The predicted octanol–water partition coefficient (Wildman–Crippen LogP) is 9.61. The number of ether oxygens (including phenoxy) is 3. The topological polar surface area (TPSA) is 119 Å². The van der Waals surface area contributed by atoms with E-state index in [-0.39, 0.29) is 53.1 Å². The van der Waals surface area contributed by atoms with E-state index >= 15 is 0 Å². The van der Waals surface area contributed by atoms with Crippen molar-refractivity contribution in [1.82, 2.24) is 0 Å². The van der Waals surface area contributed by atoms with Crippen molar-refractivity contribution in [1.29, 1.82) is 0 Å². The molecular formula is C42H60O8. The molecule has 8 heteroatoms. The van der Waals surface area contributed by atoms with E-state index in [1.165, 1.54) is 18.1 Å². The van der Waals surface area contributed by atoms with Crippen LogP contribution in [0.2, 0.25) is 0 Å². The standard InChI is InChI=1S/C18H26O2.C14H20O4.C10H14O2/c1-4-14(2)15-8-10-16(11-9-15)17(19)20-18(3)12-6-5-7-13-18;1-4-14(2,3)13(16)18-10-7-5-8-9(6-7)12(15)17-11(8)10;1-3-7(2)8-4-5-9(11)10(12)6-8/h8-11,14H,4-7,12-13H2,1-3H3;7-11H,4-6H2,1-3H3;4-7,11-12H,3H2,1-2H3. The Labute approximate surface area is 299 Å². The fraction of sp³-hybridized carbons (Fsp3) is 0.643. The van der Waals surface area contributed by atoms with Gasteiger partial charge in [-0.3, -0.25) is 9.59 Å². The van der Waals surface area contributed by atoms with E-state index < -0.39 is 5.41 Å². The molecule has 1 saturated heterocycles. The van der Waals surface area contributed by atoms with Crippen LogP contribution >= 0.6 is 0 Å². The van der Waals surface area contributed by atoms with Crippen LogP contribution in [0.4, 0.5) is 0 Å². The molecule has 0 aromatic heterocycles. The minimum absolute atomic E-state index is 0.0344. The van der Waals surface area contributed by atoms with E-state index in [1.807, 2.05) is 51.1 Å². The summed E-state index contributed by atoms with van der Waals surface area (Å²) in [4.78, 5) is 36.0. The first kappa shape index (κ1) is 39.2. The molecule has 0 amide bonds. The van der Waals surface area contributed by atoms with Gasteiger partial charge in [0.15, 0.2) is 11.5 Å². The number of rotatable bonds is 9. The maximum absolute atomic E-state index is 12.2. The lowest BCUT2D eigenvalue weighted by Crippen LogP contribution is -2.39. The van der Waals surface area contributed by atoms with E-state index in [1.54, 1.807) is 6.07 Å². The lowest BCUT2D eigenvalue weighted by Gasteiger charge is -2.33. The van der Waals surface area contributed by atoms with Crippen LogP contribution in [-0.4, -0.2) is 45.9 Å². The van der Waals surface area contributed by atoms with E-state index in [4.69, 9.17) is 19.3 Å². The van der Waals surface area contributed by atoms with Crippen LogP contribution in [0.1, 0.15) is 153 Å². The van der Waals surface area contributed by atoms with Gasteiger partial charge in [-0.25, -0.2) is 4.79 Å². The van der Waals surface area contributed by atoms with Crippen molar-refractivity contribution in [2.45, 2.75) is 149 Å². The summed E-state index contributed by atoms with van der Waals surface area (Å²) in [6, 6.07) is 12.9. The van der Waals surface area contributed by atoms with E-state index in [9.17, 15) is 19.5 Å². The Bertz CT molecular complexity index is 1460. The molecule has 1 aliphatic heterocycles. The lowest BCUT2D eigenvalue weighted by molar-refractivity contribution is -0.170. The number of fused-ring (bicyclic) bond motifs is 1. The molecule has 6 rings (SSSR count). The van der Waals surface area contributed by atoms with Crippen LogP contribution in [0.15, 0.2) is 42.5 Å². The van der Waals surface area contributed by atoms with Crippen molar-refractivity contribution in [3.63, 3.8) is 0 Å². The second-order valence-electron chi connectivity index (χ2n) is 15.9. The first-order chi connectivity index (χ1) is 23.6. The van der Waals surface area contributed by atoms with Gasteiger partial charge in [0.05, 0.1) is 16.9 Å². The number of esters is 3. The molecule has 2 aromatic rings. The normalized spacial score (nSPS) is 25.6. The molecule has 0 radical (unpaired) electrons. The molecule has 2 bridgehead atoms. The number of hydrogen-bond acceptors (Lipinski definition) is 8. The van der Waals surface area contributed by atoms with Crippen LogP contribution < -0.4 is 0 Å². The molecule has 2 N–H and O–H groups in total. The molecule has 2 aromatic carbocycles. The fourth-order valence-electron chi connectivity index (χ4n) is 7.44. The summed E-state index contributed by atoms with van der Waals surface area (Å²) in [7, 11) is 0. The van der Waals surface area contributed by atoms with Gasteiger partial charge in [-0.1, -0.05) is 59.2 Å². The Morgan fingerprint density at radius 1 is 0.900 bits per heavy atom. The van der Waals surface area contributed by atoms with Crippen molar-refractivity contribution < 1.29 is 38.8 Å². The van der Waals surface area contributed by atoms with Gasteiger partial charge in [0.1, 0.15) is 17.8 Å². The Morgan fingerprint density at radius 3 is 2.08 bits per heavy atom. The van der Waals surface area contributed by atoms with Gasteiger partial charge < -0.3 is 24.4 Å². The Balaban J connectivity index is 0.000000174. The van der Waals surface area contributed by atoms with Gasteiger partial charge in [0.25, 0.3) is 0 Å². The average molecular weight is 693 g/mol. The van der Waals surface area contributed by atoms with Crippen LogP contribution in [-0.2, 0) is 23.8 Å². The third-order valence-electron chi connectivity index (χ3n) is 11.9. The quantitative estimate of drug-likeness (QED) is 0.152. The Hall–Kier alpha value is -3.55. The molecule has 50 heavy (non-hydrogen) atoms. The number of benzene rings is 2. The highest BCUT2D eigenvalue weighted by Crippen LogP contribution is 2.55. The molecule has 4 fully saturated rings. The van der Waals surface area contributed by atoms with Gasteiger partial charge in [-0.15, -0.1) is 0 Å². The SMILES string of the molecule is CCC(C)(C)C(=O)OC1C2CC3C(=O)OC1C3C2.CCC(C)c1ccc(C(=O)OC2(C)CCCCC2)cc1.CCC(C)c1ccc(O)c(O)c1. The summed E-state index contributed by atoms with van der Waals surface area (Å²) in [5.74, 6) is 1.16. The monoisotopic (exact) mass is 692 g/mol. The molecule has 3 saturated carbocycles. The first-order valence-electron chi connectivity index (χ1n) is 18.9. The second-order valence-corrected chi connectivity index (χ2v) is 15.9. The summed E-state index contributed by atoms with van der Waals surface area (Å²) in [5, 5.41) is 18.2. The second kappa shape index (κ2) is 16.6. The van der Waals surface area contributed by atoms with Crippen LogP contribution in [0, 0.1) is 23.2 Å². The number of hydrogen-bond donors (Lipinski definition) is 2. The minimum atomic E-state index is -0.455. The van der Waals surface area contributed by atoms with E-state index in [0.29, 0.717) is 29.2 Å². The summed E-state index contributed by atoms with van der Waals surface area (Å²) < 4.78 is 16.8. The number of phenolic OH excluding ortho intramolecular Hbond substituents is 2. The molecule has 8 nitrogen and oxygen atoms in total. The molecule has 0 spiro atoms. The average Bonchev–Trinajstić information content (AvgIpc) is 3.75. The number of phenols is 2. The zero-order chi connectivity index (χ0) is 36.8. The summed E-state index contributed by atoms with van der Waals surface area (Å²) in [6.45, 7) is 16.4. The van der Waals surface area contributed by atoms with Gasteiger partial charge in [-0.05, 0) is 126 Å². The molecule has 1 heterocycles. The van der Waals surface area contributed by atoms with Crippen molar-refractivity contribution in [2.75, 3.05) is 0 Å². The Kier molecular flexibility index (Phi) is 13.1. The van der Waals surface area contributed by atoms with Gasteiger partial charge in [0.2, 0.25) is 0 Å². The summed E-state index contributed by atoms with van der Waals surface area (Å²) in [6.07, 6.45) is 9.91. The molecule has 276 valence electrons. The van der Waals surface area contributed by atoms with Gasteiger partial charge in [0, 0.05) is 11.8 Å². The third-order valence-corrected chi connectivity index (χ3v) is 11.9. The minimum Gasteiger partial charge on any atom is -0.504 e. The molecular weight excluding hydrogens is 632 g/mol. The number of aromatic hydroxyl groups is 2. The fourth-order valence-corrected chi connectivity index (χ4v) is 7.44. The van der Waals surface area contributed by atoms with Crippen LogP contribution in [0.3, 0.4) is 0 Å². The van der Waals surface area contributed by atoms with E-state index in [2.05, 4.69) is 34.6 Å². The van der Waals surface area contributed by atoms with Crippen molar-refractivity contribution in [3.05, 3.63) is 59.2 Å². The van der Waals surface area contributed by atoms with Gasteiger partial charge >= 0.3 is 17.9 Å². The maximum Gasteiger partial charge on any atom is 0.338 e. The number of carbonyl (C=O) groups is 3. The van der Waals surface area contributed by atoms with Crippen molar-refractivity contribution in [2.24, 2.45) is 23.2 Å². The number of carbonyl (C=O) groups excluding carboxylic acids is 3. The van der Waals surface area contributed by atoms with E-state index in [0.717, 1.165) is 63.4 Å². The van der Waals surface area contributed by atoms with Crippen molar-refractivity contribution in [3.8, 4) is 11.5 Å². The summed E-state index contributed by atoms with van der Waals surface area (Å²) >= 11 is 0. The maximum atomic E-state index is 12.2. The molecule has 7 unspecified atom stereocenters. The highest BCUT2D eigenvalue weighted by Gasteiger charge is 2.63. The Morgan fingerprint density at radius 2 is 1.50 bits per heavy atom.